The molecule has 2 aliphatic rings. The van der Waals surface area contributed by atoms with E-state index in [1.807, 2.05) is 0 Å². The molecule has 0 bridgehead atoms. The summed E-state index contributed by atoms with van der Waals surface area (Å²) >= 11 is 0. The molecule has 4 heterocycles. The van der Waals surface area contributed by atoms with Gasteiger partial charge in [-0.2, -0.15) is 0 Å². The standard InChI is InChI=1S/C25H25F4N5O2/c1-14(33-9-8-25(28,29)18(12-33)15-2-7-23(35)30-11-15)24(36)32-21-13-34-20(5-6-22(34)31-21)17-10-16(26)3-4-19(17)27/h2-4,7,10-11,13-14,18,20H,5-6,8-9,12H2,1H3,(H,30,35)(H,32,36)/t14-,18+,20+/m0/s1. The molecule has 0 aliphatic carbocycles. The number of nitrogens with one attached hydrogen (secondary N) is 2. The predicted molar refractivity (Wildman–Crippen MR) is 124 cm³/mol. The monoisotopic (exact) mass is 503 g/mol. The highest BCUT2D eigenvalue weighted by atomic mass is 19.3. The Hall–Kier alpha value is -3.47. The normalized spacial score (nSPS) is 22.2. The highest BCUT2D eigenvalue weighted by Crippen LogP contribution is 2.40. The van der Waals surface area contributed by atoms with Gasteiger partial charge in [0.2, 0.25) is 11.5 Å². The zero-order valence-corrected chi connectivity index (χ0v) is 19.5. The lowest BCUT2D eigenvalue weighted by molar-refractivity contribution is -0.125. The first-order valence-corrected chi connectivity index (χ1v) is 11.8. The highest BCUT2D eigenvalue weighted by molar-refractivity contribution is 5.93. The fourth-order valence-electron chi connectivity index (χ4n) is 5.09. The topological polar surface area (TPSA) is 83.0 Å². The summed E-state index contributed by atoms with van der Waals surface area (Å²) in [7, 11) is 0. The Labute approximate surface area is 204 Å². The summed E-state index contributed by atoms with van der Waals surface area (Å²) in [6.45, 7) is 1.60. The number of halogens is 4. The van der Waals surface area contributed by atoms with Crippen LogP contribution in [0.15, 0.2) is 47.5 Å². The molecule has 1 fully saturated rings. The van der Waals surface area contributed by atoms with Crippen molar-refractivity contribution in [2.75, 3.05) is 18.4 Å². The fourth-order valence-corrected chi connectivity index (χ4v) is 5.09. The zero-order valence-electron chi connectivity index (χ0n) is 19.5. The lowest BCUT2D eigenvalue weighted by Crippen LogP contribution is -2.52. The van der Waals surface area contributed by atoms with Gasteiger partial charge in [0, 0.05) is 50.0 Å². The molecule has 7 nitrogen and oxygen atoms in total. The third kappa shape index (κ3) is 4.55. The number of likely N-dealkylation sites (tertiary alicyclic amines) is 1. The van der Waals surface area contributed by atoms with Crippen LogP contribution in [0.4, 0.5) is 23.4 Å². The van der Waals surface area contributed by atoms with Gasteiger partial charge >= 0.3 is 0 Å². The molecule has 5 rings (SSSR count). The number of amides is 1. The third-order valence-corrected chi connectivity index (χ3v) is 7.15. The molecule has 0 spiro atoms. The molecule has 0 unspecified atom stereocenters. The number of alkyl halides is 2. The van der Waals surface area contributed by atoms with Crippen LogP contribution in [-0.2, 0) is 11.2 Å². The summed E-state index contributed by atoms with van der Waals surface area (Å²) in [6, 6.07) is 4.76. The van der Waals surface area contributed by atoms with Crippen LogP contribution in [0.25, 0.3) is 0 Å². The number of aromatic nitrogens is 3. The van der Waals surface area contributed by atoms with Crippen molar-refractivity contribution < 1.29 is 22.4 Å². The van der Waals surface area contributed by atoms with Crippen LogP contribution in [0, 0.1) is 11.6 Å². The molecule has 1 amide bonds. The fraction of sp³-hybridized carbons (Fsp3) is 0.400. The van der Waals surface area contributed by atoms with Gasteiger partial charge in [0.05, 0.1) is 18.0 Å². The predicted octanol–water partition coefficient (Wildman–Crippen LogP) is 3.84. The number of piperidine rings is 1. The van der Waals surface area contributed by atoms with E-state index in [4.69, 9.17) is 0 Å². The van der Waals surface area contributed by atoms with Crippen LogP contribution in [-0.4, -0.2) is 50.4 Å². The van der Waals surface area contributed by atoms with Gasteiger partial charge < -0.3 is 14.9 Å². The minimum absolute atomic E-state index is 0.0298. The highest BCUT2D eigenvalue weighted by Gasteiger charge is 2.46. The van der Waals surface area contributed by atoms with Gasteiger partial charge in [-0.3, -0.25) is 14.5 Å². The van der Waals surface area contributed by atoms with Crippen LogP contribution in [0.3, 0.4) is 0 Å². The van der Waals surface area contributed by atoms with E-state index < -0.39 is 47.9 Å². The second-order valence-electron chi connectivity index (χ2n) is 9.38. The van der Waals surface area contributed by atoms with Crippen molar-refractivity contribution >= 4 is 11.7 Å². The van der Waals surface area contributed by atoms with E-state index in [2.05, 4.69) is 15.3 Å². The number of hydrogen-bond donors (Lipinski definition) is 2. The summed E-state index contributed by atoms with van der Waals surface area (Å²) < 4.78 is 59.1. The number of rotatable bonds is 5. The van der Waals surface area contributed by atoms with Crippen molar-refractivity contribution in [3.05, 3.63) is 81.7 Å². The molecular formula is C25H25F4N5O2. The lowest BCUT2D eigenvalue weighted by Gasteiger charge is -2.40. The zero-order chi connectivity index (χ0) is 25.6. The van der Waals surface area contributed by atoms with Gasteiger partial charge in [0.1, 0.15) is 17.5 Å². The molecule has 0 saturated carbocycles. The Morgan fingerprint density at radius 2 is 2.06 bits per heavy atom. The lowest BCUT2D eigenvalue weighted by atomic mass is 9.87. The van der Waals surface area contributed by atoms with Gasteiger partial charge in [0.25, 0.3) is 5.92 Å². The molecule has 2 aliphatic heterocycles. The maximum Gasteiger partial charge on any atom is 0.257 e. The number of H-pyrrole nitrogens is 1. The van der Waals surface area contributed by atoms with E-state index >= 15 is 0 Å². The molecule has 190 valence electrons. The Bertz CT molecular complexity index is 1330. The number of benzene rings is 1. The van der Waals surface area contributed by atoms with Crippen LogP contribution >= 0.6 is 0 Å². The van der Waals surface area contributed by atoms with E-state index in [1.54, 1.807) is 22.6 Å². The summed E-state index contributed by atoms with van der Waals surface area (Å²) in [5.41, 5.74) is 0.148. The number of pyridine rings is 1. The molecule has 1 saturated heterocycles. The summed E-state index contributed by atoms with van der Waals surface area (Å²) in [5, 5.41) is 2.73. The minimum atomic E-state index is -2.98. The van der Waals surface area contributed by atoms with E-state index in [-0.39, 0.29) is 30.0 Å². The van der Waals surface area contributed by atoms with Crippen LogP contribution < -0.4 is 10.9 Å². The molecule has 3 atom stereocenters. The molecule has 2 N–H and O–H groups in total. The van der Waals surface area contributed by atoms with Crippen molar-refractivity contribution in [2.45, 2.75) is 50.1 Å². The number of aromatic amines is 1. The number of imidazole rings is 1. The smallest absolute Gasteiger partial charge is 0.257 e. The second-order valence-corrected chi connectivity index (χ2v) is 9.38. The molecule has 2 aromatic heterocycles. The van der Waals surface area contributed by atoms with Gasteiger partial charge in [-0.15, -0.1) is 0 Å². The Morgan fingerprint density at radius 1 is 1.25 bits per heavy atom. The van der Waals surface area contributed by atoms with Crippen molar-refractivity contribution in [1.29, 1.82) is 0 Å². The van der Waals surface area contributed by atoms with E-state index in [9.17, 15) is 27.2 Å². The Kier molecular flexibility index (Phi) is 6.19. The summed E-state index contributed by atoms with van der Waals surface area (Å²) in [4.78, 5) is 32.9. The molecule has 0 radical (unpaired) electrons. The van der Waals surface area contributed by atoms with Crippen LogP contribution in [0.2, 0.25) is 0 Å². The molecule has 36 heavy (non-hydrogen) atoms. The number of anilines is 1. The maximum atomic E-state index is 14.7. The number of aryl methyl sites for hydroxylation is 1. The van der Waals surface area contributed by atoms with E-state index in [0.717, 1.165) is 12.1 Å². The van der Waals surface area contributed by atoms with E-state index in [1.165, 1.54) is 24.4 Å². The number of nitrogens with zero attached hydrogens (tertiary/aromatic N) is 3. The molecule has 11 heteroatoms. The minimum Gasteiger partial charge on any atom is -0.329 e. The van der Waals surface area contributed by atoms with Crippen molar-refractivity contribution in [3.63, 3.8) is 0 Å². The average Bonchev–Trinajstić information content (AvgIpc) is 3.41. The Morgan fingerprint density at radius 3 is 2.81 bits per heavy atom. The Balaban J connectivity index is 1.29. The number of fused-ring (bicyclic) bond motifs is 1. The first kappa shape index (κ1) is 24.2. The van der Waals surface area contributed by atoms with E-state index in [0.29, 0.717) is 24.2 Å². The van der Waals surface area contributed by atoms with Crippen molar-refractivity contribution in [3.8, 4) is 0 Å². The van der Waals surface area contributed by atoms with Gasteiger partial charge in [0.15, 0.2) is 5.82 Å². The number of hydrogen-bond acceptors (Lipinski definition) is 4. The summed E-state index contributed by atoms with van der Waals surface area (Å²) in [6.07, 6.45) is 3.55. The molecule has 1 aromatic carbocycles. The average molecular weight is 504 g/mol. The third-order valence-electron chi connectivity index (χ3n) is 7.15. The molecular weight excluding hydrogens is 478 g/mol. The quantitative estimate of drug-likeness (QED) is 0.519. The SMILES string of the molecule is C[C@@H](C(=O)Nc1cn2c(n1)CC[C@@H]2c1cc(F)ccc1F)N1CCC(F)(F)[C@@H](c2ccc(=O)[nH]c2)C1. The van der Waals surface area contributed by atoms with Gasteiger partial charge in [-0.25, -0.2) is 22.5 Å². The van der Waals surface area contributed by atoms with Gasteiger partial charge in [-0.05, 0) is 37.1 Å². The first-order valence-electron chi connectivity index (χ1n) is 11.8. The second kappa shape index (κ2) is 9.20. The van der Waals surface area contributed by atoms with Crippen LogP contribution in [0.1, 0.15) is 48.7 Å². The summed E-state index contributed by atoms with van der Waals surface area (Å²) in [5.74, 6) is -4.69. The number of carbonyl (C=O) groups is 1. The first-order chi connectivity index (χ1) is 17.1. The number of carbonyl (C=O) groups excluding carboxylic acids is 1. The largest absolute Gasteiger partial charge is 0.329 e. The van der Waals surface area contributed by atoms with Gasteiger partial charge in [-0.1, -0.05) is 6.07 Å². The van der Waals surface area contributed by atoms with Crippen molar-refractivity contribution in [1.82, 2.24) is 19.4 Å². The van der Waals surface area contributed by atoms with Crippen LogP contribution in [0.5, 0.6) is 0 Å². The molecule has 3 aromatic rings. The maximum absolute atomic E-state index is 14.7. The van der Waals surface area contributed by atoms with Crippen molar-refractivity contribution in [2.24, 2.45) is 0 Å².